The van der Waals surface area contributed by atoms with Gasteiger partial charge in [-0.15, -0.1) is 0 Å². The predicted octanol–water partition coefficient (Wildman–Crippen LogP) is 0.504. The van der Waals surface area contributed by atoms with Gasteiger partial charge in [0.2, 0.25) is 0 Å². The molecule has 2 rings (SSSR count). The lowest BCUT2D eigenvalue weighted by atomic mass is 10.1. The Balaban J connectivity index is 1.67. The third-order valence-corrected chi connectivity index (χ3v) is 2.31. The largest absolute Gasteiger partial charge is 0.371 e. The van der Waals surface area contributed by atoms with Crippen LogP contribution in [0.2, 0.25) is 0 Å². The second kappa shape index (κ2) is 4.52. The lowest BCUT2D eigenvalue weighted by Gasteiger charge is -2.06. The van der Waals surface area contributed by atoms with Crippen molar-refractivity contribution in [2.24, 2.45) is 5.92 Å². The number of aromatic nitrogens is 2. The molecule has 0 radical (unpaired) electrons. The second-order valence-corrected chi connectivity index (χ2v) is 3.61. The first-order chi connectivity index (χ1) is 6.84. The highest BCUT2D eigenvalue weighted by Gasteiger charge is 2.14. The van der Waals surface area contributed by atoms with Gasteiger partial charge >= 0.3 is 0 Å². The molecular weight excluding hydrogens is 182 g/mol. The van der Waals surface area contributed by atoms with Gasteiger partial charge in [0.05, 0.1) is 6.61 Å². The fraction of sp³-hybridized carbons (Fsp3) is 0.778. The van der Waals surface area contributed by atoms with Crippen molar-refractivity contribution >= 4 is 0 Å². The van der Waals surface area contributed by atoms with Crippen LogP contribution in [0.1, 0.15) is 18.1 Å². The van der Waals surface area contributed by atoms with Crippen LogP contribution >= 0.6 is 0 Å². The first-order valence-corrected chi connectivity index (χ1v) is 4.92. The fourth-order valence-corrected chi connectivity index (χ4v) is 1.57. The molecule has 1 atom stereocenters. The minimum absolute atomic E-state index is 0.428. The summed E-state index contributed by atoms with van der Waals surface area (Å²) >= 11 is 0. The molecule has 1 unspecified atom stereocenters. The molecule has 0 amide bonds. The number of ether oxygens (including phenoxy) is 1. The van der Waals surface area contributed by atoms with E-state index in [1.807, 2.05) is 0 Å². The van der Waals surface area contributed by atoms with E-state index in [1.54, 1.807) is 6.92 Å². The van der Waals surface area contributed by atoms with Crippen LogP contribution in [0.5, 0.6) is 0 Å². The summed E-state index contributed by atoms with van der Waals surface area (Å²) in [6.07, 6.45) is 1.20. The average molecular weight is 197 g/mol. The Hall–Kier alpha value is -0.940. The minimum atomic E-state index is 0.428. The molecule has 1 aliphatic rings. The van der Waals surface area contributed by atoms with Crippen LogP contribution in [0, 0.1) is 12.8 Å². The fourth-order valence-electron chi connectivity index (χ4n) is 1.57. The molecule has 0 saturated carbocycles. The molecule has 0 aromatic carbocycles. The van der Waals surface area contributed by atoms with Gasteiger partial charge in [-0.2, -0.15) is 4.98 Å². The van der Waals surface area contributed by atoms with E-state index in [-0.39, 0.29) is 0 Å². The number of nitrogens with zero attached hydrogens (tertiary/aromatic N) is 2. The van der Waals surface area contributed by atoms with E-state index in [2.05, 4.69) is 15.5 Å². The predicted molar refractivity (Wildman–Crippen MR) is 49.7 cm³/mol. The second-order valence-electron chi connectivity index (χ2n) is 3.61. The van der Waals surface area contributed by atoms with Crippen LogP contribution < -0.4 is 5.32 Å². The molecule has 1 saturated heterocycles. The molecule has 1 N–H and O–H groups in total. The lowest BCUT2D eigenvalue weighted by Crippen LogP contribution is -2.13. The quantitative estimate of drug-likeness (QED) is 0.761. The highest BCUT2D eigenvalue weighted by molar-refractivity contribution is 4.80. The smallest absolute Gasteiger partial charge is 0.252 e. The van der Waals surface area contributed by atoms with Gasteiger partial charge in [-0.3, -0.25) is 0 Å². The van der Waals surface area contributed by atoms with Crippen molar-refractivity contribution in [1.82, 2.24) is 15.5 Å². The van der Waals surface area contributed by atoms with Crippen molar-refractivity contribution in [3.8, 4) is 0 Å². The van der Waals surface area contributed by atoms with Crippen molar-refractivity contribution < 1.29 is 9.26 Å². The summed E-state index contributed by atoms with van der Waals surface area (Å²) < 4.78 is 10.4. The molecule has 2 heterocycles. The van der Waals surface area contributed by atoms with Crippen LogP contribution in [0.4, 0.5) is 0 Å². The third-order valence-electron chi connectivity index (χ3n) is 2.31. The van der Waals surface area contributed by atoms with Gasteiger partial charge in [-0.05, 0) is 25.8 Å². The molecule has 5 nitrogen and oxygen atoms in total. The Morgan fingerprint density at radius 1 is 1.64 bits per heavy atom. The molecule has 14 heavy (non-hydrogen) atoms. The zero-order chi connectivity index (χ0) is 9.80. The van der Waals surface area contributed by atoms with E-state index in [0.717, 1.165) is 19.7 Å². The van der Waals surface area contributed by atoms with Crippen molar-refractivity contribution in [1.29, 1.82) is 0 Å². The standard InChI is InChI=1S/C9H15N3O2/c1-7-11-9(14-12-7)6-13-5-8-2-3-10-4-8/h8,10H,2-6H2,1H3. The number of aryl methyl sites for hydroxylation is 1. The van der Waals surface area contributed by atoms with E-state index >= 15 is 0 Å². The number of nitrogens with one attached hydrogen (secondary N) is 1. The third kappa shape index (κ3) is 2.52. The van der Waals surface area contributed by atoms with Crippen LogP contribution in [-0.4, -0.2) is 29.8 Å². The molecular formula is C9H15N3O2. The number of hydrogen-bond acceptors (Lipinski definition) is 5. The summed E-state index contributed by atoms with van der Waals surface area (Å²) in [5, 5.41) is 6.98. The topological polar surface area (TPSA) is 60.2 Å². The Morgan fingerprint density at radius 3 is 3.21 bits per heavy atom. The van der Waals surface area contributed by atoms with Crippen LogP contribution in [0.15, 0.2) is 4.52 Å². The summed E-state index contributed by atoms with van der Waals surface area (Å²) in [7, 11) is 0. The minimum Gasteiger partial charge on any atom is -0.371 e. The van der Waals surface area contributed by atoms with Crippen molar-refractivity contribution in [3.63, 3.8) is 0 Å². The molecule has 1 aromatic rings. The van der Waals surface area contributed by atoms with Gasteiger partial charge < -0.3 is 14.6 Å². The Kier molecular flexibility index (Phi) is 3.10. The van der Waals surface area contributed by atoms with Gasteiger partial charge in [0.15, 0.2) is 5.82 Å². The van der Waals surface area contributed by atoms with Gasteiger partial charge in [0.25, 0.3) is 5.89 Å². The molecule has 78 valence electrons. The summed E-state index contributed by atoms with van der Waals surface area (Å²) in [6.45, 7) is 5.16. The maximum Gasteiger partial charge on any atom is 0.252 e. The first kappa shape index (κ1) is 9.61. The maximum atomic E-state index is 5.48. The SMILES string of the molecule is Cc1noc(COCC2CCNC2)n1. The monoisotopic (exact) mass is 197 g/mol. The molecule has 0 bridgehead atoms. The highest BCUT2D eigenvalue weighted by Crippen LogP contribution is 2.08. The van der Waals surface area contributed by atoms with E-state index in [1.165, 1.54) is 6.42 Å². The Morgan fingerprint density at radius 2 is 2.57 bits per heavy atom. The Labute approximate surface area is 82.8 Å². The van der Waals surface area contributed by atoms with Crippen LogP contribution in [0.25, 0.3) is 0 Å². The van der Waals surface area contributed by atoms with Gasteiger partial charge in [0, 0.05) is 6.54 Å². The summed E-state index contributed by atoms with van der Waals surface area (Å²) in [4.78, 5) is 4.06. The zero-order valence-electron chi connectivity index (χ0n) is 8.32. The molecule has 5 heteroatoms. The molecule has 0 spiro atoms. The number of hydrogen-bond donors (Lipinski definition) is 1. The zero-order valence-corrected chi connectivity index (χ0v) is 8.32. The summed E-state index contributed by atoms with van der Waals surface area (Å²) in [5.41, 5.74) is 0. The highest BCUT2D eigenvalue weighted by atomic mass is 16.5. The van der Waals surface area contributed by atoms with Crippen LogP contribution in [0.3, 0.4) is 0 Å². The Bertz CT molecular complexity index is 281. The molecule has 1 fully saturated rings. The van der Waals surface area contributed by atoms with E-state index in [9.17, 15) is 0 Å². The molecule has 1 aromatic heterocycles. The van der Waals surface area contributed by atoms with Crippen molar-refractivity contribution in [3.05, 3.63) is 11.7 Å². The first-order valence-electron chi connectivity index (χ1n) is 4.92. The normalized spacial score (nSPS) is 21.6. The lowest BCUT2D eigenvalue weighted by molar-refractivity contribution is 0.0736. The van der Waals surface area contributed by atoms with Gasteiger partial charge in [0.1, 0.15) is 6.61 Å². The summed E-state index contributed by atoms with van der Waals surface area (Å²) in [5.74, 6) is 1.86. The average Bonchev–Trinajstić information content (AvgIpc) is 2.77. The number of rotatable bonds is 4. The molecule has 0 aliphatic carbocycles. The molecule has 1 aliphatic heterocycles. The van der Waals surface area contributed by atoms with Crippen molar-refractivity contribution in [2.45, 2.75) is 20.0 Å². The van der Waals surface area contributed by atoms with Gasteiger partial charge in [-0.1, -0.05) is 5.16 Å². The van der Waals surface area contributed by atoms with Gasteiger partial charge in [-0.25, -0.2) is 0 Å². The summed E-state index contributed by atoms with van der Waals surface area (Å²) in [6, 6.07) is 0. The maximum absolute atomic E-state index is 5.48. The van der Waals surface area contributed by atoms with E-state index < -0.39 is 0 Å². The van der Waals surface area contributed by atoms with Crippen LogP contribution in [-0.2, 0) is 11.3 Å². The van der Waals surface area contributed by atoms with E-state index in [0.29, 0.717) is 24.2 Å². The van der Waals surface area contributed by atoms with Crippen molar-refractivity contribution in [2.75, 3.05) is 19.7 Å². The van der Waals surface area contributed by atoms with E-state index in [4.69, 9.17) is 9.26 Å².